The molecule has 0 aliphatic carbocycles. The molecule has 2 heterocycles. The number of nitrogens with one attached hydrogen (secondary N) is 1. The van der Waals surface area contributed by atoms with Crippen molar-refractivity contribution < 1.29 is 9.53 Å². The van der Waals surface area contributed by atoms with Crippen molar-refractivity contribution >= 4 is 11.6 Å². The molecule has 1 aromatic carbocycles. The van der Waals surface area contributed by atoms with Gasteiger partial charge in [0.05, 0.1) is 17.6 Å². The predicted molar refractivity (Wildman–Crippen MR) is 79.6 cm³/mol. The van der Waals surface area contributed by atoms with Gasteiger partial charge in [-0.05, 0) is 44.4 Å². The molecule has 1 amide bonds. The molecule has 1 atom stereocenters. The monoisotopic (exact) mass is 286 g/mol. The minimum atomic E-state index is -0.616. The van der Waals surface area contributed by atoms with Crippen LogP contribution in [0.25, 0.3) is 10.4 Å². The number of carbonyl (C=O) groups is 1. The largest absolute Gasteiger partial charge is 0.486 e. The first-order valence-electron chi connectivity index (χ1n) is 6.97. The maximum atomic E-state index is 12.2. The molecule has 0 saturated heterocycles. The zero-order valence-corrected chi connectivity index (χ0v) is 12.6. The average molecular weight is 286 g/mol. The topological polar surface area (TPSA) is 87.1 Å². The number of aryl methyl sites for hydroxylation is 1. The Morgan fingerprint density at radius 3 is 2.86 bits per heavy atom. The van der Waals surface area contributed by atoms with Gasteiger partial charge in [0.15, 0.2) is 0 Å². The number of ether oxygens (including phenoxy) is 1. The van der Waals surface area contributed by atoms with Crippen LogP contribution >= 0.6 is 0 Å². The summed E-state index contributed by atoms with van der Waals surface area (Å²) >= 11 is 0. The van der Waals surface area contributed by atoms with E-state index in [0.29, 0.717) is 6.42 Å². The van der Waals surface area contributed by atoms with E-state index in [4.69, 9.17) is 10.3 Å². The Labute approximate surface area is 123 Å². The number of hydrogen-bond donors (Lipinski definition) is 1. The second-order valence-corrected chi connectivity index (χ2v) is 6.63. The molecule has 2 aliphatic heterocycles. The van der Waals surface area contributed by atoms with Crippen molar-refractivity contribution in [2.75, 3.05) is 11.9 Å². The van der Waals surface area contributed by atoms with Crippen molar-refractivity contribution in [2.24, 2.45) is 5.11 Å². The molecule has 1 unspecified atom stereocenters. The number of anilines is 1. The SMILES string of the molecule is Cc1cc2c(c3c1NC(=O)C3(C)C)OC(C)(CN=[N+]=[N-])C2. The highest BCUT2D eigenvalue weighted by Gasteiger charge is 2.46. The third-order valence-electron chi connectivity index (χ3n) is 4.37. The van der Waals surface area contributed by atoms with Gasteiger partial charge < -0.3 is 10.1 Å². The minimum absolute atomic E-state index is 0.0127. The van der Waals surface area contributed by atoms with Crippen LogP contribution < -0.4 is 10.1 Å². The van der Waals surface area contributed by atoms with Crippen LogP contribution in [-0.2, 0) is 16.6 Å². The second kappa shape index (κ2) is 4.15. The molecular formula is C15H18N4O2. The first-order chi connectivity index (χ1) is 9.78. The van der Waals surface area contributed by atoms with E-state index in [1.807, 2.05) is 27.7 Å². The van der Waals surface area contributed by atoms with Crippen molar-refractivity contribution in [3.63, 3.8) is 0 Å². The number of carbonyl (C=O) groups excluding carboxylic acids is 1. The maximum absolute atomic E-state index is 12.2. The summed E-state index contributed by atoms with van der Waals surface area (Å²) in [6.45, 7) is 8.00. The van der Waals surface area contributed by atoms with Gasteiger partial charge in [0, 0.05) is 16.9 Å². The van der Waals surface area contributed by atoms with Crippen LogP contribution in [0.4, 0.5) is 5.69 Å². The number of nitrogens with zero attached hydrogens (tertiary/aromatic N) is 3. The van der Waals surface area contributed by atoms with Crippen LogP contribution in [-0.4, -0.2) is 18.1 Å². The maximum Gasteiger partial charge on any atom is 0.234 e. The summed E-state index contributed by atoms with van der Waals surface area (Å²) in [5, 5.41) is 6.60. The summed E-state index contributed by atoms with van der Waals surface area (Å²) in [5.41, 5.74) is 11.3. The molecular weight excluding hydrogens is 268 g/mol. The Balaban J connectivity index is 2.13. The van der Waals surface area contributed by atoms with E-state index in [2.05, 4.69) is 21.4 Å². The Bertz CT molecular complexity index is 704. The first kappa shape index (κ1) is 13.8. The molecule has 0 saturated carbocycles. The normalized spacial score (nSPS) is 24.7. The van der Waals surface area contributed by atoms with Gasteiger partial charge in [0.25, 0.3) is 0 Å². The summed E-state index contributed by atoms with van der Waals surface area (Å²) in [5.74, 6) is 0.760. The fourth-order valence-corrected chi connectivity index (χ4v) is 3.21. The quantitative estimate of drug-likeness (QED) is 0.514. The Hall–Kier alpha value is -2.20. The molecule has 21 heavy (non-hydrogen) atoms. The van der Waals surface area contributed by atoms with E-state index in [1.54, 1.807) is 0 Å². The third-order valence-corrected chi connectivity index (χ3v) is 4.37. The average Bonchev–Trinajstić information content (AvgIpc) is 2.84. The van der Waals surface area contributed by atoms with Crippen LogP contribution in [0.2, 0.25) is 0 Å². The summed E-state index contributed by atoms with van der Waals surface area (Å²) < 4.78 is 6.12. The second-order valence-electron chi connectivity index (χ2n) is 6.63. The lowest BCUT2D eigenvalue weighted by atomic mass is 9.83. The molecule has 2 aliphatic rings. The lowest BCUT2D eigenvalue weighted by Crippen LogP contribution is -2.34. The lowest BCUT2D eigenvalue weighted by Gasteiger charge is -2.24. The van der Waals surface area contributed by atoms with Gasteiger partial charge in [0.2, 0.25) is 5.91 Å². The van der Waals surface area contributed by atoms with Gasteiger partial charge in [-0.25, -0.2) is 0 Å². The molecule has 0 aromatic heterocycles. The minimum Gasteiger partial charge on any atom is -0.486 e. The Morgan fingerprint density at radius 1 is 1.48 bits per heavy atom. The molecule has 6 nitrogen and oxygen atoms in total. The zero-order chi connectivity index (χ0) is 15.4. The van der Waals surface area contributed by atoms with Gasteiger partial charge in [0.1, 0.15) is 11.4 Å². The zero-order valence-electron chi connectivity index (χ0n) is 12.6. The van der Waals surface area contributed by atoms with Crippen molar-refractivity contribution in [1.29, 1.82) is 0 Å². The summed E-state index contributed by atoms with van der Waals surface area (Å²) in [6, 6.07) is 2.05. The van der Waals surface area contributed by atoms with Gasteiger partial charge >= 0.3 is 0 Å². The molecule has 110 valence electrons. The van der Waals surface area contributed by atoms with E-state index >= 15 is 0 Å². The highest BCUT2D eigenvalue weighted by atomic mass is 16.5. The van der Waals surface area contributed by atoms with Crippen LogP contribution in [0.1, 0.15) is 37.5 Å². The van der Waals surface area contributed by atoms with Crippen LogP contribution in [0.3, 0.4) is 0 Å². The van der Waals surface area contributed by atoms with Crippen molar-refractivity contribution in [3.8, 4) is 5.75 Å². The number of amides is 1. The fourth-order valence-electron chi connectivity index (χ4n) is 3.21. The van der Waals surface area contributed by atoms with E-state index in [-0.39, 0.29) is 12.5 Å². The van der Waals surface area contributed by atoms with Crippen molar-refractivity contribution in [1.82, 2.24) is 0 Å². The number of azide groups is 1. The number of benzene rings is 1. The smallest absolute Gasteiger partial charge is 0.234 e. The fraction of sp³-hybridized carbons (Fsp3) is 0.533. The van der Waals surface area contributed by atoms with Gasteiger partial charge in [-0.1, -0.05) is 11.2 Å². The summed E-state index contributed by atoms with van der Waals surface area (Å²) in [4.78, 5) is 15.0. The highest BCUT2D eigenvalue weighted by molar-refractivity contribution is 6.07. The number of hydrogen-bond acceptors (Lipinski definition) is 3. The molecule has 0 spiro atoms. The first-order valence-corrected chi connectivity index (χ1v) is 6.97. The van der Waals surface area contributed by atoms with Gasteiger partial charge in [-0.2, -0.15) is 0 Å². The van der Waals surface area contributed by atoms with Crippen molar-refractivity contribution in [3.05, 3.63) is 33.2 Å². The van der Waals surface area contributed by atoms with E-state index in [0.717, 1.165) is 28.1 Å². The molecule has 6 heteroatoms. The van der Waals surface area contributed by atoms with E-state index in [9.17, 15) is 4.79 Å². The molecule has 1 aromatic rings. The number of fused-ring (bicyclic) bond motifs is 3. The van der Waals surface area contributed by atoms with Crippen LogP contribution in [0, 0.1) is 6.92 Å². The summed E-state index contributed by atoms with van der Waals surface area (Å²) in [6.07, 6.45) is 0.680. The van der Waals surface area contributed by atoms with Crippen LogP contribution in [0.15, 0.2) is 11.2 Å². The summed E-state index contributed by atoms with van der Waals surface area (Å²) in [7, 11) is 0. The Morgan fingerprint density at radius 2 is 2.19 bits per heavy atom. The molecule has 0 bridgehead atoms. The molecule has 0 radical (unpaired) electrons. The third kappa shape index (κ3) is 1.87. The van der Waals surface area contributed by atoms with Gasteiger partial charge in [-0.3, -0.25) is 4.79 Å². The van der Waals surface area contributed by atoms with Crippen LogP contribution in [0.5, 0.6) is 5.75 Å². The van der Waals surface area contributed by atoms with E-state index < -0.39 is 11.0 Å². The molecule has 3 rings (SSSR count). The van der Waals surface area contributed by atoms with Crippen molar-refractivity contribution in [2.45, 2.75) is 45.1 Å². The van der Waals surface area contributed by atoms with Gasteiger partial charge in [-0.15, -0.1) is 0 Å². The lowest BCUT2D eigenvalue weighted by molar-refractivity contribution is -0.119. The highest BCUT2D eigenvalue weighted by Crippen LogP contribution is 2.50. The number of rotatable bonds is 2. The predicted octanol–water partition coefficient (Wildman–Crippen LogP) is 3.23. The molecule has 0 fully saturated rings. The molecule has 1 N–H and O–H groups in total. The Kier molecular flexibility index (Phi) is 2.72. The standard InChI is InChI=1S/C15H18N4O2/c1-8-5-9-6-15(4,7-17-19-16)21-12(9)10-11(8)18-13(20)14(10,2)3/h5H,6-7H2,1-4H3,(H,18,20). The van der Waals surface area contributed by atoms with E-state index in [1.165, 1.54) is 0 Å².